The first kappa shape index (κ1) is 13.4. The average Bonchev–Trinajstić information content (AvgIpc) is 2.53. The molecule has 0 bridgehead atoms. The largest absolute Gasteiger partial charge is 0.496 e. The molecule has 0 N–H and O–H groups in total. The molecule has 0 saturated carbocycles. The maximum absolute atomic E-state index is 5.53. The summed E-state index contributed by atoms with van der Waals surface area (Å²) >= 11 is 0. The number of benzene rings is 2. The van der Waals surface area contributed by atoms with Crippen molar-refractivity contribution >= 4 is 10.9 Å². The van der Waals surface area contributed by atoms with Gasteiger partial charge in [-0.25, -0.2) is 4.98 Å². The van der Waals surface area contributed by atoms with Crippen LogP contribution in [0.2, 0.25) is 0 Å². The molecular weight excluding hydrogens is 262 g/mol. The van der Waals surface area contributed by atoms with E-state index in [0.29, 0.717) is 0 Å². The van der Waals surface area contributed by atoms with Gasteiger partial charge in [0.15, 0.2) is 0 Å². The fourth-order valence-electron chi connectivity index (χ4n) is 2.59. The van der Waals surface area contributed by atoms with Crippen molar-refractivity contribution in [1.82, 2.24) is 4.98 Å². The van der Waals surface area contributed by atoms with Gasteiger partial charge in [-0.3, -0.25) is 0 Å². The van der Waals surface area contributed by atoms with Gasteiger partial charge in [-0.1, -0.05) is 30.3 Å². The molecule has 0 saturated heterocycles. The Bertz CT molecular complexity index is 782. The predicted octanol–water partition coefficient (Wildman–Crippen LogP) is 4.23. The summed E-state index contributed by atoms with van der Waals surface area (Å²) in [5, 5.41) is 0.980. The maximum Gasteiger partial charge on any atom is 0.145 e. The summed E-state index contributed by atoms with van der Waals surface area (Å²) in [6.45, 7) is 1.99. The van der Waals surface area contributed by atoms with Gasteiger partial charge >= 0.3 is 0 Å². The summed E-state index contributed by atoms with van der Waals surface area (Å²) in [7, 11) is 3.34. The zero-order valence-electron chi connectivity index (χ0n) is 12.4. The van der Waals surface area contributed by atoms with Gasteiger partial charge in [-0.15, -0.1) is 0 Å². The van der Waals surface area contributed by atoms with E-state index in [1.165, 1.54) is 0 Å². The molecule has 3 rings (SSSR count). The van der Waals surface area contributed by atoms with Crippen LogP contribution in [0.3, 0.4) is 0 Å². The maximum atomic E-state index is 5.53. The number of rotatable bonds is 3. The quantitative estimate of drug-likeness (QED) is 0.719. The van der Waals surface area contributed by atoms with E-state index in [1.54, 1.807) is 14.2 Å². The molecule has 1 aromatic heterocycles. The van der Waals surface area contributed by atoms with E-state index < -0.39 is 0 Å². The van der Waals surface area contributed by atoms with Gasteiger partial charge < -0.3 is 9.47 Å². The molecule has 0 aliphatic heterocycles. The fraction of sp³-hybridized carbons (Fsp3) is 0.167. The third-order valence-electron chi connectivity index (χ3n) is 3.54. The average molecular weight is 279 g/mol. The Labute approximate surface area is 124 Å². The molecule has 0 amide bonds. The topological polar surface area (TPSA) is 31.4 Å². The van der Waals surface area contributed by atoms with Crippen LogP contribution in [0, 0.1) is 6.92 Å². The predicted molar refractivity (Wildman–Crippen MR) is 85.0 cm³/mol. The van der Waals surface area contributed by atoms with E-state index in [2.05, 4.69) is 23.2 Å². The number of pyridine rings is 1. The van der Waals surface area contributed by atoms with Crippen LogP contribution in [0.5, 0.6) is 11.5 Å². The lowest BCUT2D eigenvalue weighted by Crippen LogP contribution is -1.95. The third-order valence-corrected chi connectivity index (χ3v) is 3.54. The van der Waals surface area contributed by atoms with Crippen molar-refractivity contribution in [2.75, 3.05) is 14.2 Å². The standard InChI is InChI=1S/C18H17NO2/c1-12-11-14(13-7-5-4-6-8-13)17-15(20-2)9-10-16(21-3)18(17)19-12/h4-11H,1-3H3. The first-order valence-electron chi connectivity index (χ1n) is 6.82. The van der Waals surface area contributed by atoms with Crippen LogP contribution < -0.4 is 9.47 Å². The number of methoxy groups -OCH3 is 2. The SMILES string of the molecule is COc1ccc(OC)c2c(-c3ccccc3)cc(C)nc12. The monoisotopic (exact) mass is 279 g/mol. The molecule has 0 spiro atoms. The molecule has 3 heteroatoms. The molecule has 106 valence electrons. The van der Waals surface area contributed by atoms with Gasteiger partial charge in [0.25, 0.3) is 0 Å². The Morgan fingerprint density at radius 2 is 1.52 bits per heavy atom. The van der Waals surface area contributed by atoms with Gasteiger partial charge in [0.2, 0.25) is 0 Å². The van der Waals surface area contributed by atoms with E-state index in [4.69, 9.17) is 9.47 Å². The van der Waals surface area contributed by atoms with Gasteiger partial charge in [0, 0.05) is 5.69 Å². The minimum absolute atomic E-state index is 0.756. The first-order valence-corrected chi connectivity index (χ1v) is 6.82. The number of nitrogens with zero attached hydrogens (tertiary/aromatic N) is 1. The van der Waals surface area contributed by atoms with Crippen molar-refractivity contribution in [3.05, 3.63) is 54.2 Å². The van der Waals surface area contributed by atoms with Crippen LogP contribution in [0.4, 0.5) is 0 Å². The second-order valence-corrected chi connectivity index (χ2v) is 4.87. The number of ether oxygens (including phenoxy) is 2. The Hall–Kier alpha value is -2.55. The summed E-state index contributed by atoms with van der Waals surface area (Å²) in [6.07, 6.45) is 0. The van der Waals surface area contributed by atoms with Crippen molar-refractivity contribution in [1.29, 1.82) is 0 Å². The highest BCUT2D eigenvalue weighted by Crippen LogP contribution is 2.39. The van der Waals surface area contributed by atoms with Crippen molar-refractivity contribution in [3.8, 4) is 22.6 Å². The Kier molecular flexibility index (Phi) is 3.48. The lowest BCUT2D eigenvalue weighted by atomic mass is 9.99. The molecular formula is C18H17NO2. The minimum Gasteiger partial charge on any atom is -0.496 e. The van der Waals surface area contributed by atoms with Gasteiger partial charge in [-0.05, 0) is 36.2 Å². The van der Waals surface area contributed by atoms with Crippen LogP contribution in [0.25, 0.3) is 22.0 Å². The van der Waals surface area contributed by atoms with Gasteiger partial charge in [-0.2, -0.15) is 0 Å². The van der Waals surface area contributed by atoms with Crippen LogP contribution >= 0.6 is 0 Å². The lowest BCUT2D eigenvalue weighted by Gasteiger charge is -2.14. The third kappa shape index (κ3) is 2.31. The molecule has 0 fully saturated rings. The normalized spacial score (nSPS) is 10.6. The van der Waals surface area contributed by atoms with Gasteiger partial charge in [0.05, 0.1) is 19.6 Å². The zero-order valence-corrected chi connectivity index (χ0v) is 12.4. The molecule has 1 heterocycles. The zero-order chi connectivity index (χ0) is 14.8. The molecule has 0 aliphatic carbocycles. The molecule has 21 heavy (non-hydrogen) atoms. The van der Waals surface area contributed by atoms with Crippen LogP contribution in [0.1, 0.15) is 5.69 Å². The summed E-state index contributed by atoms with van der Waals surface area (Å²) in [5.74, 6) is 1.56. The Morgan fingerprint density at radius 3 is 2.19 bits per heavy atom. The van der Waals surface area contributed by atoms with Crippen molar-refractivity contribution in [3.63, 3.8) is 0 Å². The molecule has 0 unspecified atom stereocenters. The Morgan fingerprint density at radius 1 is 0.857 bits per heavy atom. The summed E-state index contributed by atoms with van der Waals surface area (Å²) in [5.41, 5.74) is 4.03. The number of fused-ring (bicyclic) bond motifs is 1. The second-order valence-electron chi connectivity index (χ2n) is 4.87. The van der Waals surface area contributed by atoms with E-state index in [9.17, 15) is 0 Å². The van der Waals surface area contributed by atoms with Crippen molar-refractivity contribution < 1.29 is 9.47 Å². The van der Waals surface area contributed by atoms with Crippen LogP contribution in [-0.4, -0.2) is 19.2 Å². The van der Waals surface area contributed by atoms with E-state index in [-0.39, 0.29) is 0 Å². The molecule has 0 aliphatic rings. The summed E-state index contributed by atoms with van der Waals surface area (Å²) in [6, 6.07) is 16.2. The van der Waals surface area contributed by atoms with E-state index >= 15 is 0 Å². The fourth-order valence-corrected chi connectivity index (χ4v) is 2.59. The number of aryl methyl sites for hydroxylation is 1. The summed E-state index contributed by atoms with van der Waals surface area (Å²) in [4.78, 5) is 4.64. The number of aromatic nitrogens is 1. The molecule has 2 aromatic carbocycles. The highest BCUT2D eigenvalue weighted by molar-refractivity contribution is 6.01. The number of hydrogen-bond donors (Lipinski definition) is 0. The van der Waals surface area contributed by atoms with Crippen LogP contribution in [0.15, 0.2) is 48.5 Å². The lowest BCUT2D eigenvalue weighted by molar-refractivity contribution is 0.410. The summed E-state index contributed by atoms with van der Waals surface area (Å²) < 4.78 is 11.0. The molecule has 0 atom stereocenters. The smallest absolute Gasteiger partial charge is 0.145 e. The highest BCUT2D eigenvalue weighted by Gasteiger charge is 2.14. The van der Waals surface area contributed by atoms with Crippen LogP contribution in [-0.2, 0) is 0 Å². The highest BCUT2D eigenvalue weighted by atomic mass is 16.5. The molecule has 3 nitrogen and oxygen atoms in total. The van der Waals surface area contributed by atoms with E-state index in [0.717, 1.165) is 39.2 Å². The van der Waals surface area contributed by atoms with Gasteiger partial charge in [0.1, 0.15) is 17.0 Å². The van der Waals surface area contributed by atoms with E-state index in [1.807, 2.05) is 37.3 Å². The second kappa shape index (κ2) is 5.44. The first-order chi connectivity index (χ1) is 10.2. The molecule has 0 radical (unpaired) electrons. The van der Waals surface area contributed by atoms with Crippen molar-refractivity contribution in [2.24, 2.45) is 0 Å². The minimum atomic E-state index is 0.756. The molecule has 3 aromatic rings. The van der Waals surface area contributed by atoms with Crippen molar-refractivity contribution in [2.45, 2.75) is 6.92 Å². The number of hydrogen-bond acceptors (Lipinski definition) is 3. The Balaban J connectivity index is 2.43.